The van der Waals surface area contributed by atoms with E-state index in [2.05, 4.69) is 6.92 Å². The Bertz CT molecular complexity index is 254. The lowest BCUT2D eigenvalue weighted by Crippen LogP contribution is -2.35. The summed E-state index contributed by atoms with van der Waals surface area (Å²) in [7, 11) is 0. The third-order valence-corrected chi connectivity index (χ3v) is 4.71. The molecule has 0 amide bonds. The number of ketones is 1. The molecule has 20 heavy (non-hydrogen) atoms. The smallest absolute Gasteiger partial charge is 0.164 e. The van der Waals surface area contributed by atoms with E-state index in [-0.39, 0.29) is 5.78 Å². The minimum atomic E-state index is -0.945. The summed E-state index contributed by atoms with van der Waals surface area (Å²) < 4.78 is 0. The molecule has 0 heterocycles. The Morgan fingerprint density at radius 1 is 0.850 bits per heavy atom. The molecule has 1 rings (SSSR count). The quantitative estimate of drug-likeness (QED) is 0.501. The van der Waals surface area contributed by atoms with Crippen LogP contribution < -0.4 is 0 Å². The Kier molecular flexibility index (Phi) is 9.17. The first-order valence-electron chi connectivity index (χ1n) is 8.95. The number of hydrogen-bond donors (Lipinski definition) is 1. The van der Waals surface area contributed by atoms with Crippen LogP contribution in [0.4, 0.5) is 0 Å². The zero-order valence-corrected chi connectivity index (χ0v) is 13.5. The van der Waals surface area contributed by atoms with Gasteiger partial charge in [-0.1, -0.05) is 64.7 Å². The number of rotatable bonds is 12. The highest BCUT2D eigenvalue weighted by Crippen LogP contribution is 2.31. The molecule has 1 fully saturated rings. The van der Waals surface area contributed by atoms with Gasteiger partial charge in [0.15, 0.2) is 5.78 Å². The van der Waals surface area contributed by atoms with Gasteiger partial charge in [-0.05, 0) is 32.1 Å². The summed E-state index contributed by atoms with van der Waals surface area (Å²) in [4.78, 5) is 12.0. The second-order valence-electron chi connectivity index (χ2n) is 6.59. The van der Waals surface area contributed by atoms with Gasteiger partial charge in [-0.15, -0.1) is 0 Å². The van der Waals surface area contributed by atoms with E-state index in [4.69, 9.17) is 0 Å². The molecule has 1 aliphatic carbocycles. The molecule has 0 aliphatic heterocycles. The zero-order chi connectivity index (χ0) is 14.7. The summed E-state index contributed by atoms with van der Waals surface area (Å²) in [6, 6.07) is 0. The van der Waals surface area contributed by atoms with Gasteiger partial charge in [0.2, 0.25) is 0 Å². The highest BCUT2D eigenvalue weighted by molar-refractivity contribution is 5.87. The van der Waals surface area contributed by atoms with Crippen molar-refractivity contribution in [3.05, 3.63) is 0 Å². The van der Waals surface area contributed by atoms with Crippen molar-refractivity contribution >= 4 is 5.78 Å². The first-order chi connectivity index (χ1) is 9.69. The van der Waals surface area contributed by atoms with E-state index in [0.717, 1.165) is 25.7 Å². The van der Waals surface area contributed by atoms with Crippen molar-refractivity contribution in [1.82, 2.24) is 0 Å². The van der Waals surface area contributed by atoms with E-state index in [9.17, 15) is 9.90 Å². The molecule has 1 aliphatic rings. The molecule has 118 valence electrons. The van der Waals surface area contributed by atoms with E-state index in [1.807, 2.05) is 0 Å². The van der Waals surface area contributed by atoms with Gasteiger partial charge in [0.1, 0.15) is 5.60 Å². The van der Waals surface area contributed by atoms with Gasteiger partial charge in [-0.3, -0.25) is 4.79 Å². The van der Waals surface area contributed by atoms with Crippen LogP contribution in [0.3, 0.4) is 0 Å². The second kappa shape index (κ2) is 10.4. The number of Topliss-reactive ketones (excluding diaryl/α,β-unsaturated/α-hetero) is 1. The monoisotopic (exact) mass is 282 g/mol. The maximum Gasteiger partial charge on any atom is 0.164 e. The summed E-state index contributed by atoms with van der Waals surface area (Å²) in [6.45, 7) is 2.25. The van der Waals surface area contributed by atoms with Gasteiger partial charge >= 0.3 is 0 Å². The SMILES string of the molecule is CCCCCCCCCCCCC(=O)C1(O)CCCC1. The van der Waals surface area contributed by atoms with E-state index in [1.165, 1.54) is 51.4 Å². The van der Waals surface area contributed by atoms with E-state index in [1.54, 1.807) is 0 Å². The van der Waals surface area contributed by atoms with Gasteiger partial charge < -0.3 is 5.11 Å². The summed E-state index contributed by atoms with van der Waals surface area (Å²) in [5, 5.41) is 10.2. The minimum absolute atomic E-state index is 0.106. The van der Waals surface area contributed by atoms with Crippen LogP contribution in [-0.4, -0.2) is 16.5 Å². The van der Waals surface area contributed by atoms with Crippen molar-refractivity contribution in [3.8, 4) is 0 Å². The zero-order valence-electron chi connectivity index (χ0n) is 13.5. The van der Waals surface area contributed by atoms with Crippen LogP contribution in [0.25, 0.3) is 0 Å². The van der Waals surface area contributed by atoms with Gasteiger partial charge in [0, 0.05) is 6.42 Å². The highest BCUT2D eigenvalue weighted by atomic mass is 16.3. The first-order valence-corrected chi connectivity index (χ1v) is 8.95. The molecule has 0 bridgehead atoms. The first kappa shape index (κ1) is 17.7. The fourth-order valence-electron chi connectivity index (χ4n) is 3.24. The fourth-order valence-corrected chi connectivity index (χ4v) is 3.24. The lowest BCUT2D eigenvalue weighted by Gasteiger charge is -2.20. The van der Waals surface area contributed by atoms with Gasteiger partial charge in [-0.25, -0.2) is 0 Å². The largest absolute Gasteiger partial charge is 0.382 e. The van der Waals surface area contributed by atoms with Crippen molar-refractivity contribution in [2.45, 2.75) is 109 Å². The van der Waals surface area contributed by atoms with Crippen molar-refractivity contribution in [2.24, 2.45) is 0 Å². The predicted molar refractivity (Wildman–Crippen MR) is 84.9 cm³/mol. The molecular formula is C18H34O2. The number of carbonyl (C=O) groups excluding carboxylic acids is 1. The third-order valence-electron chi connectivity index (χ3n) is 4.71. The third kappa shape index (κ3) is 6.88. The lowest BCUT2D eigenvalue weighted by molar-refractivity contribution is -0.136. The van der Waals surface area contributed by atoms with E-state index < -0.39 is 5.60 Å². The highest BCUT2D eigenvalue weighted by Gasteiger charge is 2.37. The number of hydrogen-bond acceptors (Lipinski definition) is 2. The summed E-state index contributed by atoms with van der Waals surface area (Å²) in [6.07, 6.45) is 16.9. The summed E-state index contributed by atoms with van der Waals surface area (Å²) in [5.41, 5.74) is -0.945. The van der Waals surface area contributed by atoms with Crippen LogP contribution in [0.1, 0.15) is 103 Å². The fraction of sp³-hybridized carbons (Fsp3) is 0.944. The van der Waals surface area contributed by atoms with Crippen LogP contribution in [0.15, 0.2) is 0 Å². The molecule has 1 saturated carbocycles. The van der Waals surface area contributed by atoms with Crippen LogP contribution in [0, 0.1) is 0 Å². The lowest BCUT2D eigenvalue weighted by atomic mass is 9.92. The number of aliphatic hydroxyl groups is 1. The Labute approximate surface area is 125 Å². The molecule has 0 unspecified atom stereocenters. The standard InChI is InChI=1S/C18H34O2/c1-2-3-4-5-6-7-8-9-10-11-14-17(19)18(20)15-12-13-16-18/h20H,2-16H2,1H3. The molecule has 0 aromatic heterocycles. The molecule has 2 heteroatoms. The molecule has 0 spiro atoms. The van der Waals surface area contributed by atoms with Crippen LogP contribution in [0.2, 0.25) is 0 Å². The van der Waals surface area contributed by atoms with Gasteiger partial charge in [0.05, 0.1) is 0 Å². The molecular weight excluding hydrogens is 248 g/mol. The van der Waals surface area contributed by atoms with Crippen LogP contribution in [-0.2, 0) is 4.79 Å². The number of unbranched alkanes of at least 4 members (excludes halogenated alkanes) is 9. The normalized spacial score (nSPS) is 17.5. The summed E-state index contributed by atoms with van der Waals surface area (Å²) in [5.74, 6) is 0.106. The molecule has 1 N–H and O–H groups in total. The van der Waals surface area contributed by atoms with Gasteiger partial charge in [0.25, 0.3) is 0 Å². The van der Waals surface area contributed by atoms with Crippen molar-refractivity contribution in [2.75, 3.05) is 0 Å². The maximum absolute atomic E-state index is 12.0. The second-order valence-corrected chi connectivity index (χ2v) is 6.59. The molecule has 0 aromatic rings. The van der Waals surface area contributed by atoms with Crippen molar-refractivity contribution in [3.63, 3.8) is 0 Å². The number of carbonyl (C=O) groups is 1. The van der Waals surface area contributed by atoms with Crippen LogP contribution in [0.5, 0.6) is 0 Å². The van der Waals surface area contributed by atoms with E-state index >= 15 is 0 Å². The van der Waals surface area contributed by atoms with E-state index in [0.29, 0.717) is 19.3 Å². The Morgan fingerprint density at radius 2 is 1.30 bits per heavy atom. The molecule has 0 atom stereocenters. The molecule has 2 nitrogen and oxygen atoms in total. The minimum Gasteiger partial charge on any atom is -0.382 e. The Balaban J connectivity index is 1.88. The van der Waals surface area contributed by atoms with Crippen LogP contribution >= 0.6 is 0 Å². The van der Waals surface area contributed by atoms with Gasteiger partial charge in [-0.2, -0.15) is 0 Å². The summed E-state index contributed by atoms with van der Waals surface area (Å²) >= 11 is 0. The molecule has 0 aromatic carbocycles. The molecule has 0 radical (unpaired) electrons. The average molecular weight is 282 g/mol. The maximum atomic E-state index is 12.0. The average Bonchev–Trinajstić information content (AvgIpc) is 2.89. The molecule has 0 saturated heterocycles. The predicted octanol–water partition coefficient (Wildman–Crippen LogP) is 5.17. The Morgan fingerprint density at radius 3 is 1.80 bits per heavy atom. The van der Waals surface area contributed by atoms with Crippen molar-refractivity contribution < 1.29 is 9.90 Å². The Hall–Kier alpha value is -0.370. The topological polar surface area (TPSA) is 37.3 Å². The van der Waals surface area contributed by atoms with Crippen molar-refractivity contribution in [1.29, 1.82) is 0 Å².